The average Bonchev–Trinajstić information content (AvgIpc) is 2.92. The number of hydrogen-bond acceptors (Lipinski definition) is 4. The molecule has 0 aliphatic rings. The SMILES string of the molecule is CC(C)(C#N)C(c1cccc(C(N)=O)c1)n1cncn1. The summed E-state index contributed by atoms with van der Waals surface area (Å²) in [5.41, 5.74) is 5.78. The Balaban J connectivity index is 2.56. The number of rotatable bonds is 4. The Hall–Kier alpha value is -2.68. The van der Waals surface area contributed by atoms with Crippen molar-refractivity contribution < 1.29 is 4.79 Å². The molecule has 0 spiro atoms. The summed E-state index contributed by atoms with van der Waals surface area (Å²) in [5, 5.41) is 13.5. The molecule has 1 atom stereocenters. The molecule has 0 bridgehead atoms. The molecule has 0 radical (unpaired) electrons. The van der Waals surface area contributed by atoms with Gasteiger partial charge in [-0.1, -0.05) is 12.1 Å². The second kappa shape index (κ2) is 5.13. The lowest BCUT2D eigenvalue weighted by molar-refractivity contribution is 0.1000. The number of nitrogens with zero attached hydrogens (tertiary/aromatic N) is 4. The summed E-state index contributed by atoms with van der Waals surface area (Å²) in [6.45, 7) is 3.63. The first-order valence-electron chi connectivity index (χ1n) is 6.11. The maximum atomic E-state index is 11.3. The van der Waals surface area contributed by atoms with Gasteiger partial charge in [-0.25, -0.2) is 9.67 Å². The Morgan fingerprint density at radius 1 is 1.50 bits per heavy atom. The third-order valence-corrected chi connectivity index (χ3v) is 3.16. The molecule has 1 aromatic carbocycles. The third kappa shape index (κ3) is 2.52. The van der Waals surface area contributed by atoms with Gasteiger partial charge >= 0.3 is 0 Å². The number of amides is 1. The predicted molar refractivity (Wildman–Crippen MR) is 72.5 cm³/mol. The summed E-state index contributed by atoms with van der Waals surface area (Å²) in [7, 11) is 0. The van der Waals surface area contributed by atoms with E-state index in [0.29, 0.717) is 5.56 Å². The van der Waals surface area contributed by atoms with Gasteiger partial charge in [-0.2, -0.15) is 10.4 Å². The van der Waals surface area contributed by atoms with Crippen molar-refractivity contribution in [2.24, 2.45) is 11.1 Å². The second-order valence-electron chi connectivity index (χ2n) is 5.10. The van der Waals surface area contributed by atoms with Gasteiger partial charge < -0.3 is 5.73 Å². The van der Waals surface area contributed by atoms with Crippen LogP contribution in [0, 0.1) is 16.7 Å². The maximum absolute atomic E-state index is 11.3. The second-order valence-corrected chi connectivity index (χ2v) is 5.10. The summed E-state index contributed by atoms with van der Waals surface area (Å²) in [5.74, 6) is -0.501. The van der Waals surface area contributed by atoms with E-state index in [4.69, 9.17) is 5.73 Å². The number of aromatic nitrogens is 3. The highest BCUT2D eigenvalue weighted by atomic mass is 16.1. The van der Waals surface area contributed by atoms with Crippen molar-refractivity contribution in [3.8, 4) is 6.07 Å². The smallest absolute Gasteiger partial charge is 0.248 e. The number of nitriles is 1. The lowest BCUT2D eigenvalue weighted by Gasteiger charge is -2.28. The molecule has 1 unspecified atom stereocenters. The molecule has 1 amide bonds. The van der Waals surface area contributed by atoms with Crippen LogP contribution in [0.1, 0.15) is 35.8 Å². The summed E-state index contributed by atoms with van der Waals surface area (Å²) in [4.78, 5) is 15.2. The number of benzene rings is 1. The van der Waals surface area contributed by atoms with E-state index in [1.165, 1.54) is 6.33 Å². The summed E-state index contributed by atoms with van der Waals surface area (Å²) < 4.78 is 1.61. The predicted octanol–water partition coefficient (Wildman–Crippen LogP) is 1.52. The summed E-state index contributed by atoms with van der Waals surface area (Å²) in [6, 6.07) is 8.84. The first-order chi connectivity index (χ1) is 9.45. The van der Waals surface area contributed by atoms with Crippen LogP contribution in [-0.4, -0.2) is 20.7 Å². The molecule has 2 rings (SSSR count). The number of primary amides is 1. The van der Waals surface area contributed by atoms with Crippen molar-refractivity contribution in [3.63, 3.8) is 0 Å². The van der Waals surface area contributed by atoms with Crippen LogP contribution < -0.4 is 5.73 Å². The van der Waals surface area contributed by atoms with Crippen LogP contribution in [0.25, 0.3) is 0 Å². The van der Waals surface area contributed by atoms with Gasteiger partial charge in [0, 0.05) is 5.56 Å². The minimum atomic E-state index is -0.718. The van der Waals surface area contributed by atoms with E-state index in [-0.39, 0.29) is 6.04 Å². The maximum Gasteiger partial charge on any atom is 0.248 e. The zero-order valence-electron chi connectivity index (χ0n) is 11.3. The van der Waals surface area contributed by atoms with Gasteiger partial charge in [-0.05, 0) is 31.5 Å². The number of hydrogen-bond donors (Lipinski definition) is 1. The van der Waals surface area contributed by atoms with Crippen molar-refractivity contribution >= 4 is 5.91 Å². The van der Waals surface area contributed by atoms with Gasteiger partial charge in [-0.15, -0.1) is 0 Å². The Morgan fingerprint density at radius 3 is 2.80 bits per heavy atom. The van der Waals surface area contributed by atoms with Crippen molar-refractivity contribution in [2.75, 3.05) is 0 Å². The Bertz CT molecular complexity index is 654. The number of nitrogens with two attached hydrogens (primary N) is 1. The number of carbonyl (C=O) groups excluding carboxylic acids is 1. The molecule has 1 heterocycles. The van der Waals surface area contributed by atoms with Crippen molar-refractivity contribution in [3.05, 3.63) is 48.0 Å². The Kier molecular flexibility index (Phi) is 3.53. The molecule has 0 saturated heterocycles. The Morgan fingerprint density at radius 2 is 2.25 bits per heavy atom. The highest BCUT2D eigenvalue weighted by Crippen LogP contribution is 2.35. The third-order valence-electron chi connectivity index (χ3n) is 3.16. The average molecular weight is 269 g/mol. The zero-order valence-corrected chi connectivity index (χ0v) is 11.3. The van der Waals surface area contributed by atoms with Gasteiger partial charge in [0.1, 0.15) is 12.7 Å². The van der Waals surface area contributed by atoms with E-state index in [9.17, 15) is 10.1 Å². The molecular weight excluding hydrogens is 254 g/mol. The van der Waals surface area contributed by atoms with E-state index < -0.39 is 11.3 Å². The van der Waals surface area contributed by atoms with Crippen LogP contribution in [0.2, 0.25) is 0 Å². The molecule has 0 aliphatic carbocycles. The highest BCUT2D eigenvalue weighted by molar-refractivity contribution is 5.92. The standard InChI is InChI=1S/C14H15N5O/c1-14(2,7-15)12(19-9-17-8-18-19)10-4-3-5-11(6-10)13(16)20/h3-6,8-9,12H,1-2H3,(H2,16,20). The quantitative estimate of drug-likeness (QED) is 0.909. The molecule has 1 aromatic heterocycles. The molecule has 2 aromatic rings. The van der Waals surface area contributed by atoms with E-state index in [2.05, 4.69) is 16.2 Å². The fraction of sp³-hybridized carbons (Fsp3) is 0.286. The fourth-order valence-electron chi connectivity index (χ4n) is 2.17. The van der Waals surface area contributed by atoms with Gasteiger partial charge in [0.05, 0.1) is 17.5 Å². The lowest BCUT2D eigenvalue weighted by atomic mass is 9.81. The summed E-state index contributed by atoms with van der Waals surface area (Å²) >= 11 is 0. The molecule has 0 aliphatic heterocycles. The summed E-state index contributed by atoms with van der Waals surface area (Å²) in [6.07, 6.45) is 2.97. The van der Waals surface area contributed by atoms with Crippen molar-refractivity contribution in [2.45, 2.75) is 19.9 Å². The largest absolute Gasteiger partial charge is 0.366 e. The minimum absolute atomic E-state index is 0.353. The first-order valence-corrected chi connectivity index (χ1v) is 6.11. The fourth-order valence-corrected chi connectivity index (χ4v) is 2.17. The van der Waals surface area contributed by atoms with Gasteiger partial charge in [-0.3, -0.25) is 4.79 Å². The normalized spacial score (nSPS) is 12.7. The van der Waals surface area contributed by atoms with Crippen LogP contribution in [0.15, 0.2) is 36.9 Å². The van der Waals surface area contributed by atoms with E-state index in [1.54, 1.807) is 29.2 Å². The molecule has 6 nitrogen and oxygen atoms in total. The molecular formula is C14H15N5O. The Labute approximate surface area is 116 Å². The first kappa shape index (κ1) is 13.7. The molecule has 0 saturated carbocycles. The number of carbonyl (C=O) groups is 1. The van der Waals surface area contributed by atoms with Crippen molar-refractivity contribution in [1.82, 2.24) is 14.8 Å². The van der Waals surface area contributed by atoms with Crippen LogP contribution in [0.5, 0.6) is 0 Å². The lowest BCUT2D eigenvalue weighted by Crippen LogP contribution is -2.27. The van der Waals surface area contributed by atoms with Gasteiger partial charge in [0.15, 0.2) is 0 Å². The van der Waals surface area contributed by atoms with Crippen molar-refractivity contribution in [1.29, 1.82) is 5.26 Å². The molecule has 20 heavy (non-hydrogen) atoms. The molecule has 102 valence electrons. The van der Waals surface area contributed by atoms with Crippen LogP contribution in [-0.2, 0) is 0 Å². The van der Waals surface area contributed by atoms with Crippen LogP contribution >= 0.6 is 0 Å². The molecule has 6 heteroatoms. The van der Waals surface area contributed by atoms with Gasteiger partial charge in [0.25, 0.3) is 0 Å². The monoisotopic (exact) mass is 269 g/mol. The minimum Gasteiger partial charge on any atom is -0.366 e. The van der Waals surface area contributed by atoms with E-state index >= 15 is 0 Å². The highest BCUT2D eigenvalue weighted by Gasteiger charge is 2.33. The van der Waals surface area contributed by atoms with Crippen LogP contribution in [0.3, 0.4) is 0 Å². The van der Waals surface area contributed by atoms with Crippen LogP contribution in [0.4, 0.5) is 0 Å². The molecule has 2 N–H and O–H groups in total. The topological polar surface area (TPSA) is 97.6 Å². The van der Waals surface area contributed by atoms with E-state index in [0.717, 1.165) is 5.56 Å². The molecule has 0 fully saturated rings. The van der Waals surface area contributed by atoms with E-state index in [1.807, 2.05) is 19.9 Å². The van der Waals surface area contributed by atoms with Gasteiger partial charge in [0.2, 0.25) is 5.91 Å². The zero-order chi connectivity index (χ0) is 14.8.